The lowest BCUT2D eigenvalue weighted by atomic mass is 9.88. The second-order valence-electron chi connectivity index (χ2n) is 8.20. The molecule has 1 atom stereocenters. The summed E-state index contributed by atoms with van der Waals surface area (Å²) in [7, 11) is -2.05. The van der Waals surface area contributed by atoms with Crippen molar-refractivity contribution in [3.63, 3.8) is 0 Å². The van der Waals surface area contributed by atoms with E-state index in [0.717, 1.165) is 0 Å². The Morgan fingerprint density at radius 1 is 1.09 bits per heavy atom. The van der Waals surface area contributed by atoms with Gasteiger partial charge in [-0.15, -0.1) is 5.06 Å². The van der Waals surface area contributed by atoms with Gasteiger partial charge in [0, 0.05) is 12.8 Å². The summed E-state index contributed by atoms with van der Waals surface area (Å²) in [5.74, 6) is -1.58. The molecule has 6 nitrogen and oxygen atoms in total. The lowest BCUT2D eigenvalue weighted by Crippen LogP contribution is -2.50. The molecule has 1 fully saturated rings. The molecule has 7 heteroatoms. The van der Waals surface area contributed by atoms with Crippen molar-refractivity contribution < 1.29 is 23.6 Å². The zero-order chi connectivity index (χ0) is 18.2. The van der Waals surface area contributed by atoms with Crippen molar-refractivity contribution in [2.45, 2.75) is 78.6 Å². The van der Waals surface area contributed by atoms with Crippen molar-refractivity contribution in [2.75, 3.05) is 0 Å². The molecule has 0 aromatic carbocycles. The van der Waals surface area contributed by atoms with Crippen molar-refractivity contribution in [3.8, 4) is 0 Å². The van der Waals surface area contributed by atoms with Gasteiger partial charge in [-0.3, -0.25) is 9.59 Å². The molecule has 132 valence electrons. The van der Waals surface area contributed by atoms with E-state index in [9.17, 15) is 14.4 Å². The average Bonchev–Trinajstić information content (AvgIpc) is 2.68. The number of hydrogen-bond donors (Lipinski definition) is 0. The highest BCUT2D eigenvalue weighted by atomic mass is 28.4. The molecule has 23 heavy (non-hydrogen) atoms. The van der Waals surface area contributed by atoms with Crippen LogP contribution < -0.4 is 0 Å². The van der Waals surface area contributed by atoms with Crippen molar-refractivity contribution in [1.29, 1.82) is 0 Å². The second-order valence-corrected chi connectivity index (χ2v) is 13.0. The molecular formula is C16H29NO5Si. The minimum Gasteiger partial charge on any atom is -0.413 e. The molecule has 0 aliphatic carbocycles. The van der Waals surface area contributed by atoms with Gasteiger partial charge in [-0.2, -0.15) is 0 Å². The van der Waals surface area contributed by atoms with E-state index in [1.807, 2.05) is 6.92 Å². The zero-order valence-corrected chi connectivity index (χ0v) is 16.5. The monoisotopic (exact) mass is 343 g/mol. The van der Waals surface area contributed by atoms with Crippen molar-refractivity contribution in [2.24, 2.45) is 5.41 Å². The number of nitrogens with zero attached hydrogens (tertiary/aromatic N) is 1. The maximum Gasteiger partial charge on any atom is 0.341 e. The molecule has 0 aromatic heterocycles. The first-order chi connectivity index (χ1) is 10.2. The average molecular weight is 343 g/mol. The minimum atomic E-state index is -2.05. The third-order valence-electron chi connectivity index (χ3n) is 5.00. The molecule has 0 unspecified atom stereocenters. The molecule has 0 N–H and O–H groups in total. The standard InChI is InChI=1S/C16H29NO5Si/c1-11(22-23(7,8)15(2,3)4)16(5,6)14(20)21-17-12(18)9-10-13(17)19/h11H,9-10H2,1-8H3/t11-/m0/s1. The van der Waals surface area contributed by atoms with Gasteiger partial charge in [-0.05, 0) is 38.9 Å². The molecule has 0 radical (unpaired) electrons. The van der Waals surface area contributed by atoms with Crippen LogP contribution in [0.3, 0.4) is 0 Å². The summed E-state index contributed by atoms with van der Waals surface area (Å²) in [5, 5.41) is 0.602. The fraction of sp³-hybridized carbons (Fsp3) is 0.812. The Bertz CT molecular complexity index is 491. The maximum atomic E-state index is 12.5. The molecule has 1 aliphatic rings. The predicted molar refractivity (Wildman–Crippen MR) is 88.7 cm³/mol. The van der Waals surface area contributed by atoms with Gasteiger partial charge < -0.3 is 9.26 Å². The molecule has 0 saturated carbocycles. The lowest BCUT2D eigenvalue weighted by Gasteiger charge is -2.42. The maximum absolute atomic E-state index is 12.5. The molecule has 0 bridgehead atoms. The van der Waals surface area contributed by atoms with Crippen LogP contribution in [0.25, 0.3) is 0 Å². The Labute approximate surface area is 139 Å². The number of imide groups is 1. The fourth-order valence-electron chi connectivity index (χ4n) is 1.79. The van der Waals surface area contributed by atoms with Gasteiger partial charge in [-0.25, -0.2) is 4.79 Å². The van der Waals surface area contributed by atoms with E-state index in [4.69, 9.17) is 9.26 Å². The predicted octanol–water partition coefficient (Wildman–Crippen LogP) is 3.03. The van der Waals surface area contributed by atoms with Crippen LogP contribution in [0.2, 0.25) is 18.1 Å². The van der Waals surface area contributed by atoms with Crippen molar-refractivity contribution >= 4 is 26.1 Å². The van der Waals surface area contributed by atoms with E-state index >= 15 is 0 Å². The first-order valence-corrected chi connectivity index (χ1v) is 10.9. The smallest absolute Gasteiger partial charge is 0.341 e. The fourth-order valence-corrected chi connectivity index (χ4v) is 3.32. The molecule has 2 amide bonds. The summed E-state index contributed by atoms with van der Waals surface area (Å²) in [6.45, 7) is 15.8. The SMILES string of the molecule is C[C@H](O[Si](C)(C)C(C)(C)C)C(C)(C)C(=O)ON1C(=O)CCC1=O. The van der Waals surface area contributed by atoms with Gasteiger partial charge in [0.05, 0.1) is 11.5 Å². The van der Waals surface area contributed by atoms with Gasteiger partial charge in [0.2, 0.25) is 0 Å². The van der Waals surface area contributed by atoms with Crippen LogP contribution in [0.1, 0.15) is 54.4 Å². The summed E-state index contributed by atoms with van der Waals surface area (Å²) in [4.78, 5) is 40.7. The Kier molecular flexibility index (Phi) is 5.48. The third kappa shape index (κ3) is 4.20. The van der Waals surface area contributed by atoms with Crippen molar-refractivity contribution in [3.05, 3.63) is 0 Å². The van der Waals surface area contributed by atoms with E-state index in [1.165, 1.54) is 0 Å². The summed E-state index contributed by atoms with van der Waals surface area (Å²) < 4.78 is 6.26. The van der Waals surface area contributed by atoms with E-state index in [2.05, 4.69) is 33.9 Å². The van der Waals surface area contributed by atoms with Gasteiger partial charge in [0.15, 0.2) is 8.32 Å². The van der Waals surface area contributed by atoms with E-state index in [0.29, 0.717) is 5.06 Å². The number of amides is 2. The summed E-state index contributed by atoms with van der Waals surface area (Å²) in [6.07, 6.45) is -0.228. The topological polar surface area (TPSA) is 72.9 Å². The summed E-state index contributed by atoms with van der Waals surface area (Å²) in [6, 6.07) is 0. The molecule has 1 saturated heterocycles. The van der Waals surface area contributed by atoms with Crippen LogP contribution in [0.15, 0.2) is 0 Å². The van der Waals surface area contributed by atoms with Crippen LogP contribution in [-0.4, -0.2) is 37.3 Å². The van der Waals surface area contributed by atoms with E-state index in [1.54, 1.807) is 13.8 Å². The van der Waals surface area contributed by atoms with E-state index in [-0.39, 0.29) is 17.9 Å². The molecule has 1 rings (SSSR count). The van der Waals surface area contributed by atoms with Crippen LogP contribution in [0, 0.1) is 5.41 Å². The summed E-state index contributed by atoms with van der Waals surface area (Å²) >= 11 is 0. The van der Waals surface area contributed by atoms with Crippen LogP contribution in [-0.2, 0) is 23.6 Å². The van der Waals surface area contributed by atoms with Crippen LogP contribution >= 0.6 is 0 Å². The molecule has 0 spiro atoms. The first-order valence-electron chi connectivity index (χ1n) is 7.96. The molecular weight excluding hydrogens is 314 g/mol. The number of hydrogen-bond acceptors (Lipinski definition) is 5. The molecule has 1 heterocycles. The van der Waals surface area contributed by atoms with Crippen LogP contribution in [0.5, 0.6) is 0 Å². The van der Waals surface area contributed by atoms with E-state index < -0.39 is 37.6 Å². The zero-order valence-electron chi connectivity index (χ0n) is 15.5. The molecule has 1 aliphatic heterocycles. The van der Waals surface area contributed by atoms with Gasteiger partial charge >= 0.3 is 5.97 Å². The number of hydroxylamine groups is 2. The Morgan fingerprint density at radius 3 is 1.91 bits per heavy atom. The minimum absolute atomic E-state index is 0.0160. The number of carbonyl (C=O) groups is 3. The number of carbonyl (C=O) groups excluding carboxylic acids is 3. The highest BCUT2D eigenvalue weighted by molar-refractivity contribution is 6.74. The highest BCUT2D eigenvalue weighted by Gasteiger charge is 2.46. The highest BCUT2D eigenvalue weighted by Crippen LogP contribution is 2.40. The second kappa shape index (κ2) is 6.35. The van der Waals surface area contributed by atoms with Gasteiger partial charge in [0.25, 0.3) is 11.8 Å². The van der Waals surface area contributed by atoms with Gasteiger partial charge in [0.1, 0.15) is 0 Å². The van der Waals surface area contributed by atoms with Crippen LogP contribution in [0.4, 0.5) is 0 Å². The molecule has 0 aromatic rings. The van der Waals surface area contributed by atoms with Gasteiger partial charge in [-0.1, -0.05) is 20.8 Å². The van der Waals surface area contributed by atoms with Crippen molar-refractivity contribution in [1.82, 2.24) is 5.06 Å². The third-order valence-corrected chi connectivity index (χ3v) is 9.56. The number of rotatable bonds is 5. The Hall–Kier alpha value is -1.21. The quantitative estimate of drug-likeness (QED) is 0.567. The Balaban J connectivity index is 2.82. The largest absolute Gasteiger partial charge is 0.413 e. The first kappa shape index (κ1) is 19.8. The normalized spacial score (nSPS) is 18.3. The Morgan fingerprint density at radius 2 is 1.52 bits per heavy atom. The lowest BCUT2D eigenvalue weighted by molar-refractivity contribution is -0.207. The summed E-state index contributed by atoms with van der Waals surface area (Å²) in [5.41, 5.74) is -0.974.